The molecule has 0 fully saturated rings. The summed E-state index contributed by atoms with van der Waals surface area (Å²) in [6.45, 7) is 3.98. The number of benzene rings is 1. The number of nitro benzene ring substituents is 1. The minimum Gasteiger partial charge on any atom is -0.467 e. The van der Waals surface area contributed by atoms with E-state index in [0.29, 0.717) is 17.8 Å². The maximum absolute atomic E-state index is 11.8. The normalized spacial score (nSPS) is 11.9. The van der Waals surface area contributed by atoms with Crippen LogP contribution in [0.25, 0.3) is 0 Å². The van der Waals surface area contributed by atoms with Crippen molar-refractivity contribution in [2.45, 2.75) is 26.3 Å². The first-order valence-corrected chi connectivity index (χ1v) is 6.69. The number of non-ortho nitro benzene ring substituents is 1. The SMILES string of the molecule is CNc1cc(NC(CC(C)C)C(=O)OC)cc([N+](=O)[O-])c1. The standard InChI is InChI=1S/C14H21N3O4/c1-9(2)5-13(14(18)21-4)16-11-6-10(15-3)7-12(8-11)17(19)20/h6-9,13,15-16H,5H2,1-4H3. The number of anilines is 2. The molecule has 0 saturated carbocycles. The van der Waals surface area contributed by atoms with Crippen molar-refractivity contribution in [3.8, 4) is 0 Å². The van der Waals surface area contributed by atoms with E-state index in [1.54, 1.807) is 13.1 Å². The van der Waals surface area contributed by atoms with E-state index in [4.69, 9.17) is 4.74 Å². The molecular formula is C14H21N3O4. The van der Waals surface area contributed by atoms with E-state index in [2.05, 4.69) is 10.6 Å². The molecule has 0 aliphatic heterocycles. The highest BCUT2D eigenvalue weighted by Crippen LogP contribution is 2.25. The molecule has 0 saturated heterocycles. The predicted molar refractivity (Wildman–Crippen MR) is 81.5 cm³/mol. The summed E-state index contributed by atoms with van der Waals surface area (Å²) in [6, 6.07) is 4.00. The first-order chi connectivity index (χ1) is 9.87. The third kappa shape index (κ3) is 4.94. The van der Waals surface area contributed by atoms with Gasteiger partial charge >= 0.3 is 5.97 Å². The van der Waals surface area contributed by atoms with Crippen molar-refractivity contribution in [1.29, 1.82) is 0 Å². The topological polar surface area (TPSA) is 93.5 Å². The largest absolute Gasteiger partial charge is 0.467 e. The zero-order chi connectivity index (χ0) is 16.0. The zero-order valence-corrected chi connectivity index (χ0v) is 12.7. The van der Waals surface area contributed by atoms with Gasteiger partial charge in [-0.25, -0.2) is 4.79 Å². The molecule has 0 amide bonds. The summed E-state index contributed by atoms with van der Waals surface area (Å²) in [7, 11) is 3.00. The highest BCUT2D eigenvalue weighted by Gasteiger charge is 2.21. The maximum Gasteiger partial charge on any atom is 0.328 e. The van der Waals surface area contributed by atoms with Crippen LogP contribution in [0.4, 0.5) is 17.1 Å². The van der Waals surface area contributed by atoms with Gasteiger partial charge in [0.2, 0.25) is 0 Å². The number of ether oxygens (including phenoxy) is 1. The lowest BCUT2D eigenvalue weighted by Gasteiger charge is -2.19. The first kappa shape index (κ1) is 16.7. The molecule has 116 valence electrons. The lowest BCUT2D eigenvalue weighted by molar-refractivity contribution is -0.384. The summed E-state index contributed by atoms with van der Waals surface area (Å²) in [5.74, 6) is -0.106. The number of esters is 1. The molecule has 21 heavy (non-hydrogen) atoms. The van der Waals surface area contributed by atoms with Gasteiger partial charge < -0.3 is 15.4 Å². The van der Waals surface area contributed by atoms with E-state index in [1.165, 1.54) is 19.2 Å². The van der Waals surface area contributed by atoms with Gasteiger partial charge in [-0.3, -0.25) is 10.1 Å². The van der Waals surface area contributed by atoms with Crippen LogP contribution < -0.4 is 10.6 Å². The lowest BCUT2D eigenvalue weighted by atomic mass is 10.0. The van der Waals surface area contributed by atoms with E-state index in [0.717, 1.165) is 0 Å². The summed E-state index contributed by atoms with van der Waals surface area (Å²) in [5, 5.41) is 16.8. The molecule has 0 aliphatic rings. The Morgan fingerprint density at radius 2 is 1.95 bits per heavy atom. The first-order valence-electron chi connectivity index (χ1n) is 6.69. The summed E-state index contributed by atoms with van der Waals surface area (Å²) in [6.07, 6.45) is 0.574. The van der Waals surface area contributed by atoms with E-state index in [1.807, 2.05) is 13.8 Å². The molecule has 1 unspecified atom stereocenters. The van der Waals surface area contributed by atoms with Crippen LogP contribution in [-0.4, -0.2) is 31.1 Å². The lowest BCUT2D eigenvalue weighted by Crippen LogP contribution is -2.32. The van der Waals surface area contributed by atoms with Crippen LogP contribution in [0, 0.1) is 16.0 Å². The number of nitro groups is 1. The molecule has 0 heterocycles. The molecule has 1 atom stereocenters. The number of hydrogen-bond donors (Lipinski definition) is 2. The van der Waals surface area contributed by atoms with Gasteiger partial charge in [-0.15, -0.1) is 0 Å². The van der Waals surface area contributed by atoms with Gasteiger partial charge in [-0.2, -0.15) is 0 Å². The number of rotatable bonds is 7. The molecule has 0 bridgehead atoms. The zero-order valence-electron chi connectivity index (χ0n) is 12.7. The Labute approximate surface area is 123 Å². The van der Waals surface area contributed by atoms with Crippen LogP contribution in [0.2, 0.25) is 0 Å². The quantitative estimate of drug-likeness (QED) is 0.456. The summed E-state index contributed by atoms with van der Waals surface area (Å²) >= 11 is 0. The van der Waals surface area contributed by atoms with Crippen LogP contribution in [0.15, 0.2) is 18.2 Å². The highest BCUT2D eigenvalue weighted by atomic mass is 16.6. The second-order valence-corrected chi connectivity index (χ2v) is 5.13. The van der Waals surface area contributed by atoms with Gasteiger partial charge in [0.05, 0.1) is 12.0 Å². The molecular weight excluding hydrogens is 274 g/mol. The van der Waals surface area contributed by atoms with Crippen LogP contribution in [0.1, 0.15) is 20.3 Å². The van der Waals surface area contributed by atoms with Crippen molar-refractivity contribution in [2.24, 2.45) is 5.92 Å². The average molecular weight is 295 g/mol. The van der Waals surface area contributed by atoms with E-state index >= 15 is 0 Å². The second kappa shape index (κ2) is 7.47. The van der Waals surface area contributed by atoms with E-state index in [9.17, 15) is 14.9 Å². The predicted octanol–water partition coefficient (Wildman–Crippen LogP) is 2.64. The highest BCUT2D eigenvalue weighted by molar-refractivity contribution is 5.80. The van der Waals surface area contributed by atoms with Crippen molar-refractivity contribution < 1.29 is 14.5 Å². The number of carbonyl (C=O) groups is 1. The third-order valence-electron chi connectivity index (χ3n) is 2.95. The van der Waals surface area contributed by atoms with Crippen molar-refractivity contribution in [3.63, 3.8) is 0 Å². The van der Waals surface area contributed by atoms with E-state index < -0.39 is 11.0 Å². The van der Waals surface area contributed by atoms with Gasteiger partial charge in [0, 0.05) is 30.6 Å². The summed E-state index contributed by atoms with van der Waals surface area (Å²) in [5.41, 5.74) is 1.06. The van der Waals surface area contributed by atoms with Crippen LogP contribution in [0.5, 0.6) is 0 Å². The van der Waals surface area contributed by atoms with Crippen molar-refractivity contribution in [3.05, 3.63) is 28.3 Å². The van der Waals surface area contributed by atoms with Gasteiger partial charge in [0.1, 0.15) is 6.04 Å². The Balaban J connectivity index is 3.04. The van der Waals surface area contributed by atoms with Gasteiger partial charge in [0.25, 0.3) is 5.69 Å². The second-order valence-electron chi connectivity index (χ2n) is 5.13. The average Bonchev–Trinajstić information content (AvgIpc) is 2.44. The van der Waals surface area contributed by atoms with Crippen LogP contribution in [0.3, 0.4) is 0 Å². The molecule has 1 aromatic carbocycles. The van der Waals surface area contributed by atoms with Gasteiger partial charge in [-0.1, -0.05) is 13.8 Å². The molecule has 1 aromatic rings. The van der Waals surface area contributed by atoms with Crippen molar-refractivity contribution in [2.75, 3.05) is 24.8 Å². The number of methoxy groups -OCH3 is 1. The Morgan fingerprint density at radius 1 is 1.33 bits per heavy atom. The Bertz CT molecular complexity index is 517. The number of nitrogens with zero attached hydrogens (tertiary/aromatic N) is 1. The fraction of sp³-hybridized carbons (Fsp3) is 0.500. The molecule has 0 spiro atoms. The molecule has 7 nitrogen and oxygen atoms in total. The molecule has 1 rings (SSSR count). The number of nitrogens with one attached hydrogen (secondary N) is 2. The molecule has 0 aliphatic carbocycles. The molecule has 0 aromatic heterocycles. The fourth-order valence-electron chi connectivity index (χ4n) is 1.97. The smallest absolute Gasteiger partial charge is 0.328 e. The molecule has 0 radical (unpaired) electrons. The third-order valence-corrected chi connectivity index (χ3v) is 2.95. The summed E-state index contributed by atoms with van der Waals surface area (Å²) < 4.78 is 4.77. The summed E-state index contributed by atoms with van der Waals surface area (Å²) in [4.78, 5) is 22.3. The van der Waals surface area contributed by atoms with Gasteiger partial charge in [-0.05, 0) is 18.4 Å². The number of hydrogen-bond acceptors (Lipinski definition) is 6. The van der Waals surface area contributed by atoms with Crippen molar-refractivity contribution >= 4 is 23.0 Å². The fourth-order valence-corrected chi connectivity index (χ4v) is 1.97. The van der Waals surface area contributed by atoms with Crippen LogP contribution in [-0.2, 0) is 9.53 Å². The van der Waals surface area contributed by atoms with E-state index in [-0.39, 0.29) is 17.6 Å². The van der Waals surface area contributed by atoms with Crippen molar-refractivity contribution in [1.82, 2.24) is 0 Å². The van der Waals surface area contributed by atoms with Crippen LogP contribution >= 0.6 is 0 Å². The van der Waals surface area contributed by atoms with Gasteiger partial charge in [0.15, 0.2) is 0 Å². The molecule has 2 N–H and O–H groups in total. The Kier molecular flexibility index (Phi) is 5.95. The molecule has 7 heteroatoms. The Morgan fingerprint density at radius 3 is 2.43 bits per heavy atom. The maximum atomic E-state index is 11.8. The Hall–Kier alpha value is -2.31. The number of carbonyl (C=O) groups excluding carboxylic acids is 1. The monoisotopic (exact) mass is 295 g/mol. The minimum atomic E-state index is -0.540. The minimum absolute atomic E-state index is 0.0440.